The van der Waals surface area contributed by atoms with Crippen molar-refractivity contribution in [2.75, 3.05) is 0 Å². The van der Waals surface area contributed by atoms with Crippen molar-refractivity contribution in [2.24, 2.45) is 0 Å². The molecule has 0 spiro atoms. The fourth-order valence-corrected chi connectivity index (χ4v) is 2.21. The summed E-state index contributed by atoms with van der Waals surface area (Å²) in [6.07, 6.45) is 1.30. The van der Waals surface area contributed by atoms with E-state index in [-0.39, 0.29) is 12.3 Å². The molecule has 4 heteroatoms. The summed E-state index contributed by atoms with van der Waals surface area (Å²) in [5.41, 5.74) is 2.91. The normalized spacial score (nSPS) is 10.8. The van der Waals surface area contributed by atoms with Gasteiger partial charge in [-0.2, -0.15) is 0 Å². The minimum atomic E-state index is 0.171. The van der Waals surface area contributed by atoms with Gasteiger partial charge in [-0.3, -0.25) is 4.79 Å². The minimum Gasteiger partial charge on any atom is -0.298 e. The van der Waals surface area contributed by atoms with Crippen LogP contribution >= 0.6 is 0 Å². The van der Waals surface area contributed by atoms with Gasteiger partial charge in [0.05, 0.1) is 5.52 Å². The van der Waals surface area contributed by atoms with Gasteiger partial charge in [0, 0.05) is 6.42 Å². The van der Waals surface area contributed by atoms with E-state index in [1.807, 2.05) is 54.6 Å². The highest BCUT2D eigenvalue weighted by Gasteiger charge is 2.08. The predicted octanol–water partition coefficient (Wildman–Crippen LogP) is 2.63. The molecule has 0 radical (unpaired) electrons. The summed E-state index contributed by atoms with van der Waals surface area (Å²) in [4.78, 5) is 12.0. The first-order chi connectivity index (χ1) is 9.83. The van der Waals surface area contributed by atoms with Gasteiger partial charge in [-0.1, -0.05) is 47.7 Å². The van der Waals surface area contributed by atoms with E-state index in [1.54, 1.807) is 4.68 Å². The Bertz CT molecular complexity index is 719. The van der Waals surface area contributed by atoms with Crippen LogP contribution in [0.25, 0.3) is 11.0 Å². The highest BCUT2D eigenvalue weighted by atomic mass is 16.1. The second-order valence-corrected chi connectivity index (χ2v) is 4.76. The van der Waals surface area contributed by atoms with Crippen molar-refractivity contribution in [2.45, 2.75) is 19.4 Å². The molecule has 0 saturated carbocycles. The topological polar surface area (TPSA) is 47.8 Å². The number of fused-ring (bicyclic) bond motifs is 1. The molecule has 0 aliphatic rings. The van der Waals surface area contributed by atoms with Gasteiger partial charge in [0.15, 0.2) is 5.78 Å². The van der Waals surface area contributed by atoms with E-state index in [4.69, 9.17) is 0 Å². The average molecular weight is 265 g/mol. The second kappa shape index (κ2) is 5.65. The zero-order valence-electron chi connectivity index (χ0n) is 11.1. The first-order valence-corrected chi connectivity index (χ1v) is 6.67. The number of ketones is 1. The number of carbonyl (C=O) groups is 1. The van der Waals surface area contributed by atoms with Crippen molar-refractivity contribution in [3.8, 4) is 0 Å². The average Bonchev–Trinajstić information content (AvgIpc) is 2.90. The number of nitrogens with zero attached hydrogens (tertiary/aromatic N) is 3. The third-order valence-electron chi connectivity index (χ3n) is 3.28. The molecule has 0 aliphatic heterocycles. The fraction of sp³-hybridized carbons (Fsp3) is 0.188. The highest BCUT2D eigenvalue weighted by Crippen LogP contribution is 2.10. The Morgan fingerprint density at radius 3 is 2.60 bits per heavy atom. The van der Waals surface area contributed by atoms with Gasteiger partial charge in [-0.15, -0.1) is 5.10 Å². The Kier molecular flexibility index (Phi) is 3.54. The largest absolute Gasteiger partial charge is 0.298 e. The van der Waals surface area contributed by atoms with Gasteiger partial charge in [0.1, 0.15) is 12.1 Å². The number of rotatable bonds is 5. The lowest BCUT2D eigenvalue weighted by Crippen LogP contribution is -2.12. The molecule has 2 aromatic carbocycles. The van der Waals surface area contributed by atoms with Crippen LogP contribution in [0.5, 0.6) is 0 Å². The first kappa shape index (κ1) is 12.5. The van der Waals surface area contributed by atoms with Crippen LogP contribution in [0.2, 0.25) is 0 Å². The number of benzene rings is 2. The molecule has 100 valence electrons. The standard InChI is InChI=1S/C16H15N3O/c20-14(11-10-13-6-2-1-3-7-13)12-19-16-9-5-4-8-15(16)17-18-19/h1-9H,10-12H2. The Labute approximate surface area is 117 Å². The van der Waals surface area contributed by atoms with E-state index in [1.165, 1.54) is 5.56 Å². The van der Waals surface area contributed by atoms with E-state index in [2.05, 4.69) is 10.3 Å². The molecule has 0 amide bonds. The third-order valence-corrected chi connectivity index (χ3v) is 3.28. The lowest BCUT2D eigenvalue weighted by atomic mass is 10.1. The van der Waals surface area contributed by atoms with Crippen LogP contribution in [0, 0.1) is 0 Å². The number of hydrogen-bond acceptors (Lipinski definition) is 3. The number of carbonyl (C=O) groups excluding carboxylic acids is 1. The molecular formula is C16H15N3O. The molecule has 0 saturated heterocycles. The summed E-state index contributed by atoms with van der Waals surface area (Å²) in [5.74, 6) is 0.171. The maximum atomic E-state index is 12.0. The SMILES string of the molecule is O=C(CCc1ccccc1)Cn1nnc2ccccc21. The molecule has 4 nitrogen and oxygen atoms in total. The summed E-state index contributed by atoms with van der Waals surface area (Å²) >= 11 is 0. The molecule has 3 aromatic rings. The predicted molar refractivity (Wildman–Crippen MR) is 77.3 cm³/mol. The minimum absolute atomic E-state index is 0.171. The van der Waals surface area contributed by atoms with Crippen molar-refractivity contribution in [1.29, 1.82) is 0 Å². The van der Waals surface area contributed by atoms with E-state index in [0.717, 1.165) is 17.5 Å². The van der Waals surface area contributed by atoms with E-state index in [9.17, 15) is 4.79 Å². The van der Waals surface area contributed by atoms with Gasteiger partial charge >= 0.3 is 0 Å². The van der Waals surface area contributed by atoms with Crippen LogP contribution in [0.4, 0.5) is 0 Å². The number of aromatic nitrogens is 3. The van der Waals surface area contributed by atoms with Gasteiger partial charge in [0.2, 0.25) is 0 Å². The molecular weight excluding hydrogens is 250 g/mol. The quantitative estimate of drug-likeness (QED) is 0.712. The molecule has 0 fully saturated rings. The van der Waals surface area contributed by atoms with Crippen molar-refractivity contribution >= 4 is 16.8 Å². The van der Waals surface area contributed by atoms with Crippen LogP contribution in [0.3, 0.4) is 0 Å². The fourth-order valence-electron chi connectivity index (χ4n) is 2.21. The molecule has 1 aromatic heterocycles. The Morgan fingerprint density at radius 2 is 1.75 bits per heavy atom. The van der Waals surface area contributed by atoms with E-state index < -0.39 is 0 Å². The maximum absolute atomic E-state index is 12.0. The maximum Gasteiger partial charge on any atom is 0.154 e. The van der Waals surface area contributed by atoms with Gasteiger partial charge in [-0.05, 0) is 24.1 Å². The van der Waals surface area contributed by atoms with Crippen molar-refractivity contribution in [3.63, 3.8) is 0 Å². The number of aryl methyl sites for hydroxylation is 1. The summed E-state index contributed by atoms with van der Waals surface area (Å²) in [6, 6.07) is 17.7. The smallest absolute Gasteiger partial charge is 0.154 e. The molecule has 3 rings (SSSR count). The molecule has 0 aliphatic carbocycles. The lowest BCUT2D eigenvalue weighted by molar-refractivity contribution is -0.119. The second-order valence-electron chi connectivity index (χ2n) is 4.76. The molecule has 0 unspecified atom stereocenters. The summed E-state index contributed by atoms with van der Waals surface area (Å²) in [5, 5.41) is 8.09. The highest BCUT2D eigenvalue weighted by molar-refractivity contribution is 5.81. The molecule has 0 N–H and O–H groups in total. The monoisotopic (exact) mass is 265 g/mol. The molecule has 0 bridgehead atoms. The zero-order valence-corrected chi connectivity index (χ0v) is 11.1. The molecule has 1 heterocycles. The molecule has 20 heavy (non-hydrogen) atoms. The summed E-state index contributed by atoms with van der Waals surface area (Å²) in [7, 11) is 0. The third kappa shape index (κ3) is 2.74. The summed E-state index contributed by atoms with van der Waals surface area (Å²) < 4.78 is 1.67. The Balaban J connectivity index is 1.64. The van der Waals surface area contributed by atoms with E-state index in [0.29, 0.717) is 6.42 Å². The molecule has 0 atom stereocenters. The van der Waals surface area contributed by atoms with Gasteiger partial charge in [0.25, 0.3) is 0 Å². The Hall–Kier alpha value is -2.49. The van der Waals surface area contributed by atoms with Gasteiger partial charge < -0.3 is 0 Å². The Morgan fingerprint density at radius 1 is 1.00 bits per heavy atom. The van der Waals surface area contributed by atoms with Crippen molar-refractivity contribution < 1.29 is 4.79 Å². The van der Waals surface area contributed by atoms with Crippen LogP contribution in [0.1, 0.15) is 12.0 Å². The first-order valence-electron chi connectivity index (χ1n) is 6.67. The van der Waals surface area contributed by atoms with Gasteiger partial charge in [-0.25, -0.2) is 4.68 Å². The number of para-hydroxylation sites is 1. The summed E-state index contributed by atoms with van der Waals surface area (Å²) in [6.45, 7) is 0.285. The number of hydrogen-bond donors (Lipinski definition) is 0. The number of Topliss-reactive ketones (excluding diaryl/α,β-unsaturated/α-hetero) is 1. The van der Waals surface area contributed by atoms with Crippen LogP contribution in [0.15, 0.2) is 54.6 Å². The lowest BCUT2D eigenvalue weighted by Gasteiger charge is -2.02. The van der Waals surface area contributed by atoms with Crippen LogP contribution < -0.4 is 0 Å². The van der Waals surface area contributed by atoms with E-state index >= 15 is 0 Å². The zero-order chi connectivity index (χ0) is 13.8. The van der Waals surface area contributed by atoms with Crippen molar-refractivity contribution in [3.05, 3.63) is 60.2 Å². The van der Waals surface area contributed by atoms with Crippen LogP contribution in [-0.2, 0) is 17.8 Å². The van der Waals surface area contributed by atoms with Crippen LogP contribution in [-0.4, -0.2) is 20.8 Å². The van der Waals surface area contributed by atoms with Crippen molar-refractivity contribution in [1.82, 2.24) is 15.0 Å².